The minimum absolute atomic E-state index is 0.177. The summed E-state index contributed by atoms with van der Waals surface area (Å²) in [6.45, 7) is 1.10. The Hall–Kier alpha value is -1.99. The first-order valence-corrected chi connectivity index (χ1v) is 8.21. The fraction of sp³-hybridized carbons (Fsp3) is 0.200. The summed E-state index contributed by atoms with van der Waals surface area (Å²) in [7, 11) is 0. The second-order valence-corrected chi connectivity index (χ2v) is 6.63. The quantitative estimate of drug-likeness (QED) is 0.639. The van der Waals surface area contributed by atoms with Gasteiger partial charge in [0.25, 0.3) is 5.91 Å². The van der Waals surface area contributed by atoms with Gasteiger partial charge in [-0.05, 0) is 27.6 Å². The lowest BCUT2D eigenvalue weighted by Crippen LogP contribution is -2.37. The van der Waals surface area contributed by atoms with Gasteiger partial charge in [0.05, 0.1) is 17.4 Å². The summed E-state index contributed by atoms with van der Waals surface area (Å²) in [5, 5.41) is 4.36. The Morgan fingerprint density at radius 3 is 3.13 bits per heavy atom. The molecule has 23 heavy (non-hydrogen) atoms. The average Bonchev–Trinajstić information content (AvgIpc) is 2.99. The highest BCUT2D eigenvalue weighted by atomic mass is 79.9. The molecule has 0 fully saturated rings. The van der Waals surface area contributed by atoms with Gasteiger partial charge in [0.15, 0.2) is 11.3 Å². The molecule has 3 aromatic rings. The van der Waals surface area contributed by atoms with Crippen molar-refractivity contribution in [3.05, 3.63) is 57.2 Å². The molecule has 0 aromatic carbocycles. The van der Waals surface area contributed by atoms with Crippen molar-refractivity contribution in [3.63, 3.8) is 0 Å². The first kappa shape index (κ1) is 14.6. The van der Waals surface area contributed by atoms with Crippen LogP contribution >= 0.6 is 27.5 Å². The number of pyridine rings is 1. The second kappa shape index (κ2) is 5.58. The van der Waals surface area contributed by atoms with Gasteiger partial charge in [-0.3, -0.25) is 9.78 Å². The number of hydrogen-bond donors (Lipinski definition) is 0. The van der Waals surface area contributed by atoms with Gasteiger partial charge in [0.2, 0.25) is 0 Å². The number of aromatic nitrogens is 4. The van der Waals surface area contributed by atoms with Gasteiger partial charge < -0.3 is 4.90 Å². The Bertz CT molecular complexity index is 925. The van der Waals surface area contributed by atoms with E-state index in [1.807, 2.05) is 6.07 Å². The summed E-state index contributed by atoms with van der Waals surface area (Å²) >= 11 is 9.63. The van der Waals surface area contributed by atoms with E-state index in [2.05, 4.69) is 31.0 Å². The first-order valence-electron chi connectivity index (χ1n) is 7.04. The number of fused-ring (bicyclic) bond motifs is 2. The molecule has 0 spiro atoms. The second-order valence-electron chi connectivity index (χ2n) is 5.31. The predicted octanol–water partition coefficient (Wildman–Crippen LogP) is 2.74. The highest BCUT2D eigenvalue weighted by Gasteiger charge is 2.25. The standard InChI is InChI=1S/C15H11BrClN5O/c16-10-5-9-7-21(4-2-12(9)18-6-10)15(23)14-11(17)8-22-13(20-14)1-3-19-22/h1,3,5-6,8H,2,4,7H2. The molecule has 0 N–H and O–H groups in total. The van der Waals surface area contributed by atoms with E-state index in [0.717, 1.165) is 22.2 Å². The summed E-state index contributed by atoms with van der Waals surface area (Å²) in [6.07, 6.45) is 5.73. The molecule has 0 saturated heterocycles. The number of carbonyl (C=O) groups is 1. The molecule has 0 saturated carbocycles. The maximum atomic E-state index is 12.8. The number of hydrogen-bond acceptors (Lipinski definition) is 4. The molecule has 0 aliphatic carbocycles. The molecule has 8 heteroatoms. The highest BCUT2D eigenvalue weighted by molar-refractivity contribution is 9.10. The van der Waals surface area contributed by atoms with Crippen molar-refractivity contribution < 1.29 is 4.79 Å². The van der Waals surface area contributed by atoms with E-state index in [4.69, 9.17) is 11.6 Å². The Morgan fingerprint density at radius 2 is 2.26 bits per heavy atom. The Balaban J connectivity index is 1.67. The van der Waals surface area contributed by atoms with E-state index in [9.17, 15) is 4.79 Å². The van der Waals surface area contributed by atoms with Crippen LogP contribution in [-0.4, -0.2) is 36.9 Å². The van der Waals surface area contributed by atoms with Crippen LogP contribution in [0.15, 0.2) is 35.2 Å². The maximum Gasteiger partial charge on any atom is 0.274 e. The molecule has 116 valence electrons. The van der Waals surface area contributed by atoms with E-state index >= 15 is 0 Å². The molecular weight excluding hydrogens is 382 g/mol. The third-order valence-electron chi connectivity index (χ3n) is 3.83. The molecule has 1 aliphatic heterocycles. The zero-order valence-corrected chi connectivity index (χ0v) is 14.3. The lowest BCUT2D eigenvalue weighted by atomic mass is 10.1. The number of halogens is 2. The lowest BCUT2D eigenvalue weighted by Gasteiger charge is -2.28. The molecule has 1 aliphatic rings. The molecule has 1 amide bonds. The zero-order chi connectivity index (χ0) is 16.0. The normalized spacial score (nSPS) is 14.1. The largest absolute Gasteiger partial charge is 0.332 e. The van der Waals surface area contributed by atoms with Gasteiger partial charge in [0, 0.05) is 41.9 Å². The van der Waals surface area contributed by atoms with Crippen LogP contribution in [0.1, 0.15) is 21.7 Å². The molecule has 0 bridgehead atoms. The van der Waals surface area contributed by atoms with Crippen LogP contribution in [-0.2, 0) is 13.0 Å². The first-order chi connectivity index (χ1) is 11.1. The molecule has 0 atom stereocenters. The summed E-state index contributed by atoms with van der Waals surface area (Å²) in [4.78, 5) is 23.3. The third-order valence-corrected chi connectivity index (χ3v) is 4.54. The van der Waals surface area contributed by atoms with Gasteiger partial charge >= 0.3 is 0 Å². The van der Waals surface area contributed by atoms with E-state index in [1.165, 1.54) is 0 Å². The molecule has 3 aromatic heterocycles. The molecule has 6 nitrogen and oxygen atoms in total. The Labute approximate surface area is 145 Å². The molecule has 0 unspecified atom stereocenters. The number of nitrogens with zero attached hydrogens (tertiary/aromatic N) is 5. The zero-order valence-electron chi connectivity index (χ0n) is 11.9. The monoisotopic (exact) mass is 391 g/mol. The number of rotatable bonds is 1. The highest BCUT2D eigenvalue weighted by Crippen LogP contribution is 2.23. The minimum Gasteiger partial charge on any atom is -0.332 e. The molecule has 4 heterocycles. The predicted molar refractivity (Wildman–Crippen MR) is 88.4 cm³/mol. The van der Waals surface area contributed by atoms with Crippen molar-refractivity contribution in [3.8, 4) is 0 Å². The lowest BCUT2D eigenvalue weighted by molar-refractivity contribution is 0.0728. The van der Waals surface area contributed by atoms with Crippen LogP contribution in [0.5, 0.6) is 0 Å². The van der Waals surface area contributed by atoms with Gasteiger partial charge in [-0.25, -0.2) is 9.50 Å². The van der Waals surface area contributed by atoms with Crippen LogP contribution in [0.25, 0.3) is 5.65 Å². The van der Waals surface area contributed by atoms with Crippen LogP contribution in [0.3, 0.4) is 0 Å². The molecule has 4 rings (SSSR count). The summed E-state index contributed by atoms with van der Waals surface area (Å²) < 4.78 is 2.45. The van der Waals surface area contributed by atoms with Crippen molar-refractivity contribution >= 4 is 39.1 Å². The average molecular weight is 393 g/mol. The van der Waals surface area contributed by atoms with Crippen LogP contribution < -0.4 is 0 Å². The van der Waals surface area contributed by atoms with E-state index in [-0.39, 0.29) is 11.6 Å². The SMILES string of the molecule is O=C(c1nc2ccnn2cc1Cl)N1CCc2ncc(Br)cc2C1. The van der Waals surface area contributed by atoms with Crippen LogP contribution in [0, 0.1) is 0 Å². The van der Waals surface area contributed by atoms with Crippen LogP contribution in [0.2, 0.25) is 5.02 Å². The summed E-state index contributed by atoms with van der Waals surface area (Å²) in [6, 6.07) is 3.73. The number of carbonyl (C=O) groups excluding carboxylic acids is 1. The van der Waals surface area contributed by atoms with Gasteiger partial charge in [0.1, 0.15) is 0 Å². The molecular formula is C15H11BrClN5O. The van der Waals surface area contributed by atoms with E-state index in [0.29, 0.717) is 23.8 Å². The summed E-state index contributed by atoms with van der Waals surface area (Å²) in [5.41, 5.74) is 2.92. The fourth-order valence-corrected chi connectivity index (χ4v) is 3.30. The fourth-order valence-electron chi connectivity index (χ4n) is 2.70. The summed E-state index contributed by atoms with van der Waals surface area (Å²) in [5.74, 6) is -0.177. The topological polar surface area (TPSA) is 63.4 Å². The van der Waals surface area contributed by atoms with Gasteiger partial charge in [-0.2, -0.15) is 5.10 Å². The van der Waals surface area contributed by atoms with Crippen molar-refractivity contribution in [2.45, 2.75) is 13.0 Å². The Morgan fingerprint density at radius 1 is 1.39 bits per heavy atom. The van der Waals surface area contributed by atoms with Gasteiger partial charge in [-0.1, -0.05) is 11.6 Å². The van der Waals surface area contributed by atoms with E-state index < -0.39 is 0 Å². The Kier molecular flexibility index (Phi) is 3.54. The van der Waals surface area contributed by atoms with E-state index in [1.54, 1.807) is 34.1 Å². The van der Waals surface area contributed by atoms with Crippen molar-refractivity contribution in [2.24, 2.45) is 0 Å². The third kappa shape index (κ3) is 2.60. The van der Waals surface area contributed by atoms with Crippen LogP contribution in [0.4, 0.5) is 0 Å². The molecule has 0 radical (unpaired) electrons. The smallest absolute Gasteiger partial charge is 0.274 e. The number of amides is 1. The maximum absolute atomic E-state index is 12.8. The van der Waals surface area contributed by atoms with Crippen molar-refractivity contribution in [1.82, 2.24) is 24.5 Å². The van der Waals surface area contributed by atoms with Gasteiger partial charge in [-0.15, -0.1) is 0 Å². The van der Waals surface area contributed by atoms with Crippen molar-refractivity contribution in [2.75, 3.05) is 6.54 Å². The van der Waals surface area contributed by atoms with Crippen molar-refractivity contribution in [1.29, 1.82) is 0 Å². The minimum atomic E-state index is -0.177.